The summed E-state index contributed by atoms with van der Waals surface area (Å²) in [6, 6.07) is 5.52. The van der Waals surface area contributed by atoms with E-state index in [0.717, 1.165) is 29.1 Å². The molecule has 0 aliphatic carbocycles. The number of aliphatic hydroxyl groups excluding tert-OH is 1. The molecule has 4 rings (SSSR count). The van der Waals surface area contributed by atoms with E-state index in [1.807, 2.05) is 17.0 Å². The van der Waals surface area contributed by atoms with Crippen molar-refractivity contribution in [1.82, 2.24) is 15.1 Å². The topological polar surface area (TPSA) is 52.2 Å². The summed E-state index contributed by atoms with van der Waals surface area (Å²) >= 11 is 3.13. The van der Waals surface area contributed by atoms with Crippen LogP contribution in [0.5, 0.6) is 0 Å². The number of alkyl halides is 1. The maximum Gasteiger partial charge on any atom is 0.132 e. The van der Waals surface area contributed by atoms with Crippen molar-refractivity contribution in [3.63, 3.8) is 0 Å². The number of nitrogens with zero attached hydrogens (tertiary/aromatic N) is 2. The molecule has 0 spiro atoms. The molecule has 0 fully saturated rings. The summed E-state index contributed by atoms with van der Waals surface area (Å²) in [6.45, 7) is 3.54. The van der Waals surface area contributed by atoms with E-state index in [2.05, 4.69) is 26.1 Å². The van der Waals surface area contributed by atoms with Gasteiger partial charge in [-0.25, -0.2) is 13.2 Å². The lowest BCUT2D eigenvalue weighted by Gasteiger charge is -2.40. The van der Waals surface area contributed by atoms with Gasteiger partial charge in [0.05, 0.1) is 17.8 Å². The molecule has 156 valence electrons. The highest BCUT2D eigenvalue weighted by molar-refractivity contribution is 9.10. The van der Waals surface area contributed by atoms with Crippen LogP contribution in [0.2, 0.25) is 0 Å². The Hall–Kier alpha value is -1.90. The number of rotatable bonds is 3. The largest absolute Gasteiger partial charge is 0.400 e. The van der Waals surface area contributed by atoms with Crippen LogP contribution in [0, 0.1) is 11.6 Å². The van der Waals surface area contributed by atoms with E-state index in [1.54, 1.807) is 6.20 Å². The first-order chi connectivity index (χ1) is 13.7. The molecule has 0 saturated carbocycles. The zero-order chi connectivity index (χ0) is 21.3. The van der Waals surface area contributed by atoms with E-state index in [4.69, 9.17) is 5.11 Å². The summed E-state index contributed by atoms with van der Waals surface area (Å²) in [5.41, 5.74) is 1.13. The predicted octanol–water partition coefficient (Wildman–Crippen LogP) is 4.91. The van der Waals surface area contributed by atoms with Crippen LogP contribution in [-0.4, -0.2) is 46.1 Å². The Labute approximate surface area is 175 Å². The molecule has 3 aromatic rings. The van der Waals surface area contributed by atoms with Crippen molar-refractivity contribution in [2.75, 3.05) is 20.2 Å². The summed E-state index contributed by atoms with van der Waals surface area (Å²) in [7, 11) is 1.00. The van der Waals surface area contributed by atoms with Crippen molar-refractivity contribution in [3.8, 4) is 0 Å². The lowest BCUT2D eigenvalue weighted by Crippen LogP contribution is -2.43. The fourth-order valence-corrected chi connectivity index (χ4v) is 4.42. The summed E-state index contributed by atoms with van der Waals surface area (Å²) in [5.74, 6) is -1.29. The number of hydrogen-bond donors (Lipinski definition) is 2. The predicted molar refractivity (Wildman–Crippen MR) is 111 cm³/mol. The molecule has 1 aliphatic heterocycles. The maximum atomic E-state index is 14.8. The normalized spacial score (nSPS) is 17.0. The highest BCUT2D eigenvalue weighted by Crippen LogP contribution is 2.41. The van der Waals surface area contributed by atoms with Gasteiger partial charge in [0.2, 0.25) is 0 Å². The molecule has 29 heavy (non-hydrogen) atoms. The van der Waals surface area contributed by atoms with Gasteiger partial charge in [-0.2, -0.15) is 5.10 Å². The average Bonchev–Trinajstić information content (AvgIpc) is 3.11. The Bertz CT molecular complexity index is 993. The molecule has 0 radical (unpaired) electrons. The summed E-state index contributed by atoms with van der Waals surface area (Å²) in [6.07, 6.45) is 2.40. The molecular formula is C21H23BrF3N3O. The van der Waals surface area contributed by atoms with Gasteiger partial charge in [0.15, 0.2) is 0 Å². The summed E-state index contributed by atoms with van der Waals surface area (Å²) < 4.78 is 44.5. The van der Waals surface area contributed by atoms with Crippen LogP contribution < -0.4 is 0 Å². The van der Waals surface area contributed by atoms with Gasteiger partial charge in [0, 0.05) is 35.6 Å². The standard InChI is InChI=1S/C20H19BrF3N3.CH4O/c1-20(2,24)10-27-6-5-12-13(3-4-17-14(12)9-25-26-17)19(27)18-15(22)7-11(21)8-16(18)23;1-2/h3-4,7-9,19H,5-6,10H2,1-2H3,(H,25,26);2H,1H3. The molecule has 0 saturated heterocycles. The van der Waals surface area contributed by atoms with Crippen LogP contribution in [0.3, 0.4) is 0 Å². The van der Waals surface area contributed by atoms with Crippen LogP contribution in [0.4, 0.5) is 13.2 Å². The molecule has 2 N–H and O–H groups in total. The Morgan fingerprint density at radius 3 is 2.52 bits per heavy atom. The first-order valence-corrected chi connectivity index (χ1v) is 10.0. The van der Waals surface area contributed by atoms with Gasteiger partial charge in [-0.05, 0) is 49.6 Å². The smallest absolute Gasteiger partial charge is 0.132 e. The lowest BCUT2D eigenvalue weighted by atomic mass is 9.85. The SMILES string of the molecule is CC(C)(F)CN1CCc2c(ccc3[nH]ncc23)C1c1c(F)cc(Br)cc1F.CO. The third-order valence-corrected chi connectivity index (χ3v) is 5.43. The minimum atomic E-state index is -1.49. The number of benzene rings is 2. The molecular weight excluding hydrogens is 447 g/mol. The number of halogens is 4. The van der Waals surface area contributed by atoms with Crippen molar-refractivity contribution >= 4 is 26.8 Å². The number of aromatic nitrogens is 2. The zero-order valence-corrected chi connectivity index (χ0v) is 18.0. The van der Waals surface area contributed by atoms with E-state index in [-0.39, 0.29) is 12.1 Å². The molecule has 0 bridgehead atoms. The second-order valence-corrected chi connectivity index (χ2v) is 8.51. The van der Waals surface area contributed by atoms with Gasteiger partial charge < -0.3 is 5.11 Å². The highest BCUT2D eigenvalue weighted by Gasteiger charge is 2.36. The first kappa shape index (κ1) is 21.8. The first-order valence-electron chi connectivity index (χ1n) is 9.21. The van der Waals surface area contributed by atoms with Gasteiger partial charge in [-0.15, -0.1) is 0 Å². The molecule has 1 atom stereocenters. The van der Waals surface area contributed by atoms with Gasteiger partial charge in [0.25, 0.3) is 0 Å². The van der Waals surface area contributed by atoms with Gasteiger partial charge in [0.1, 0.15) is 17.3 Å². The second kappa shape index (κ2) is 8.45. The number of aliphatic hydroxyl groups is 1. The Kier molecular flexibility index (Phi) is 6.36. The average molecular weight is 470 g/mol. The number of nitrogens with one attached hydrogen (secondary N) is 1. The molecule has 1 unspecified atom stereocenters. The van der Waals surface area contributed by atoms with Crippen molar-refractivity contribution < 1.29 is 18.3 Å². The molecule has 0 amide bonds. The van der Waals surface area contributed by atoms with Crippen LogP contribution in [0.1, 0.15) is 36.6 Å². The van der Waals surface area contributed by atoms with Gasteiger partial charge in [-0.3, -0.25) is 10.00 Å². The number of aromatic amines is 1. The van der Waals surface area contributed by atoms with Crippen molar-refractivity contribution in [3.05, 3.63) is 63.3 Å². The monoisotopic (exact) mass is 469 g/mol. The number of H-pyrrole nitrogens is 1. The quantitative estimate of drug-likeness (QED) is 0.572. The van der Waals surface area contributed by atoms with Crippen molar-refractivity contribution in [1.29, 1.82) is 0 Å². The van der Waals surface area contributed by atoms with Gasteiger partial charge >= 0.3 is 0 Å². The maximum absolute atomic E-state index is 14.8. The van der Waals surface area contributed by atoms with Crippen molar-refractivity contribution in [2.45, 2.75) is 32.0 Å². The number of hydrogen-bond acceptors (Lipinski definition) is 3. The summed E-state index contributed by atoms with van der Waals surface area (Å²) in [4.78, 5) is 1.82. The molecule has 4 nitrogen and oxygen atoms in total. The van der Waals surface area contributed by atoms with Crippen LogP contribution in [0.25, 0.3) is 10.9 Å². The van der Waals surface area contributed by atoms with E-state index >= 15 is 0 Å². The molecule has 1 aromatic heterocycles. The third kappa shape index (κ3) is 4.34. The Balaban J connectivity index is 0.00000117. The molecule has 8 heteroatoms. The van der Waals surface area contributed by atoms with Crippen LogP contribution in [-0.2, 0) is 6.42 Å². The fraction of sp³-hybridized carbons (Fsp3) is 0.381. The third-order valence-electron chi connectivity index (χ3n) is 4.98. The second-order valence-electron chi connectivity index (χ2n) is 7.59. The fourth-order valence-electron chi connectivity index (χ4n) is 4.02. The van der Waals surface area contributed by atoms with Crippen molar-refractivity contribution in [2.24, 2.45) is 0 Å². The van der Waals surface area contributed by atoms with Crippen LogP contribution in [0.15, 0.2) is 34.9 Å². The van der Waals surface area contributed by atoms with Crippen LogP contribution >= 0.6 is 15.9 Å². The molecule has 2 aromatic carbocycles. The highest BCUT2D eigenvalue weighted by atomic mass is 79.9. The minimum Gasteiger partial charge on any atom is -0.400 e. The minimum absolute atomic E-state index is 0.0498. The Morgan fingerprint density at radius 2 is 1.90 bits per heavy atom. The number of fused-ring (bicyclic) bond motifs is 3. The van der Waals surface area contributed by atoms with E-state index in [1.165, 1.54) is 26.0 Å². The summed E-state index contributed by atoms with van der Waals surface area (Å²) in [5, 5.41) is 14.9. The Morgan fingerprint density at radius 1 is 1.24 bits per heavy atom. The zero-order valence-electron chi connectivity index (χ0n) is 16.4. The lowest BCUT2D eigenvalue weighted by molar-refractivity contribution is 0.0975. The van der Waals surface area contributed by atoms with E-state index in [0.29, 0.717) is 17.4 Å². The van der Waals surface area contributed by atoms with Gasteiger partial charge in [-0.1, -0.05) is 22.0 Å². The molecule has 1 aliphatic rings. The van der Waals surface area contributed by atoms with E-state index in [9.17, 15) is 13.2 Å². The molecule has 2 heterocycles. The van der Waals surface area contributed by atoms with E-state index < -0.39 is 23.3 Å².